The van der Waals surface area contributed by atoms with E-state index in [4.69, 9.17) is 16.1 Å². The van der Waals surface area contributed by atoms with Gasteiger partial charge in [0.25, 0.3) is 0 Å². The number of aryl methyl sites for hydroxylation is 1. The molecule has 5 nitrogen and oxygen atoms in total. The standard InChI is InChI=1S/C16H18ClN3O2/c1-3-5-14-18-16(22-19-14)11-8-15(21)20(9-11)13-7-4-6-12(17)10(13)2/h4,6-7,11H,3,5,8-9H2,1-2H3. The predicted molar refractivity (Wildman–Crippen MR) is 84.2 cm³/mol. The number of hydrogen-bond acceptors (Lipinski definition) is 4. The number of nitrogens with zero attached hydrogens (tertiary/aromatic N) is 3. The Morgan fingerprint density at radius 2 is 2.27 bits per heavy atom. The first kappa shape index (κ1) is 15.0. The third-order valence-electron chi connectivity index (χ3n) is 3.96. The first-order valence-electron chi connectivity index (χ1n) is 7.48. The lowest BCUT2D eigenvalue weighted by Crippen LogP contribution is -2.25. The van der Waals surface area contributed by atoms with E-state index in [-0.39, 0.29) is 11.8 Å². The highest BCUT2D eigenvalue weighted by molar-refractivity contribution is 6.31. The molecule has 0 saturated carbocycles. The molecule has 0 bridgehead atoms. The highest BCUT2D eigenvalue weighted by atomic mass is 35.5. The molecule has 22 heavy (non-hydrogen) atoms. The van der Waals surface area contributed by atoms with Crippen LogP contribution in [0.1, 0.15) is 43.0 Å². The maximum absolute atomic E-state index is 12.3. The van der Waals surface area contributed by atoms with Gasteiger partial charge in [-0.1, -0.05) is 29.7 Å². The molecule has 1 aliphatic heterocycles. The van der Waals surface area contributed by atoms with Crippen molar-refractivity contribution in [2.75, 3.05) is 11.4 Å². The van der Waals surface area contributed by atoms with Crippen LogP contribution >= 0.6 is 11.6 Å². The van der Waals surface area contributed by atoms with Gasteiger partial charge in [0.05, 0.1) is 5.92 Å². The maximum Gasteiger partial charge on any atom is 0.232 e. The molecule has 2 heterocycles. The SMILES string of the molecule is CCCc1noc(C2CC(=O)N(c3cccc(Cl)c3C)C2)n1. The lowest BCUT2D eigenvalue weighted by Gasteiger charge is -2.19. The predicted octanol–water partition coefficient (Wildman–Crippen LogP) is 3.50. The fourth-order valence-electron chi connectivity index (χ4n) is 2.75. The molecule has 0 aliphatic carbocycles. The zero-order valence-corrected chi connectivity index (χ0v) is 13.4. The van der Waals surface area contributed by atoms with Crippen molar-refractivity contribution in [3.63, 3.8) is 0 Å². The van der Waals surface area contributed by atoms with Crippen molar-refractivity contribution in [2.45, 2.75) is 39.0 Å². The summed E-state index contributed by atoms with van der Waals surface area (Å²) in [7, 11) is 0. The molecular weight excluding hydrogens is 302 g/mol. The molecule has 0 radical (unpaired) electrons. The van der Waals surface area contributed by atoms with Gasteiger partial charge in [0.2, 0.25) is 11.8 Å². The monoisotopic (exact) mass is 319 g/mol. The highest BCUT2D eigenvalue weighted by Crippen LogP contribution is 2.34. The third kappa shape index (κ3) is 2.73. The quantitative estimate of drug-likeness (QED) is 0.865. The molecule has 1 unspecified atom stereocenters. The Morgan fingerprint density at radius 3 is 3.05 bits per heavy atom. The van der Waals surface area contributed by atoms with Gasteiger partial charge in [0, 0.05) is 30.1 Å². The van der Waals surface area contributed by atoms with Crippen LogP contribution in [0.3, 0.4) is 0 Å². The van der Waals surface area contributed by atoms with Gasteiger partial charge in [-0.3, -0.25) is 4.79 Å². The van der Waals surface area contributed by atoms with Crippen molar-refractivity contribution >= 4 is 23.2 Å². The first-order valence-corrected chi connectivity index (χ1v) is 7.86. The van der Waals surface area contributed by atoms with Gasteiger partial charge < -0.3 is 9.42 Å². The van der Waals surface area contributed by atoms with E-state index in [1.54, 1.807) is 4.90 Å². The summed E-state index contributed by atoms with van der Waals surface area (Å²) in [6.07, 6.45) is 2.15. The van der Waals surface area contributed by atoms with Crippen molar-refractivity contribution in [2.24, 2.45) is 0 Å². The number of benzene rings is 1. The molecule has 0 spiro atoms. The van der Waals surface area contributed by atoms with Gasteiger partial charge in [0.1, 0.15) is 0 Å². The van der Waals surface area contributed by atoms with E-state index in [0.717, 1.165) is 24.1 Å². The molecule has 1 saturated heterocycles. The molecule has 116 valence electrons. The van der Waals surface area contributed by atoms with Crippen molar-refractivity contribution in [1.82, 2.24) is 10.1 Å². The molecule has 1 fully saturated rings. The lowest BCUT2D eigenvalue weighted by atomic mass is 10.1. The Bertz CT molecular complexity index is 698. The third-order valence-corrected chi connectivity index (χ3v) is 4.37. The summed E-state index contributed by atoms with van der Waals surface area (Å²) in [6.45, 7) is 4.54. The van der Waals surface area contributed by atoms with Crippen LogP contribution in [-0.4, -0.2) is 22.6 Å². The van der Waals surface area contributed by atoms with Crippen molar-refractivity contribution < 1.29 is 9.32 Å². The first-order chi connectivity index (χ1) is 10.6. The number of halogens is 1. The number of aromatic nitrogens is 2. The van der Waals surface area contributed by atoms with Crippen LogP contribution in [0.2, 0.25) is 5.02 Å². The van der Waals surface area contributed by atoms with E-state index in [1.807, 2.05) is 25.1 Å². The van der Waals surface area contributed by atoms with Crippen LogP contribution in [0.25, 0.3) is 0 Å². The number of hydrogen-bond donors (Lipinski definition) is 0. The average Bonchev–Trinajstić information content (AvgIpc) is 3.09. The summed E-state index contributed by atoms with van der Waals surface area (Å²) in [5.41, 5.74) is 1.77. The minimum Gasteiger partial charge on any atom is -0.339 e. The summed E-state index contributed by atoms with van der Waals surface area (Å²) in [5, 5.41) is 4.63. The summed E-state index contributed by atoms with van der Waals surface area (Å²) >= 11 is 6.15. The lowest BCUT2D eigenvalue weighted by molar-refractivity contribution is -0.117. The van der Waals surface area contributed by atoms with E-state index < -0.39 is 0 Å². The molecule has 1 aliphatic rings. The molecule has 2 aromatic rings. The largest absolute Gasteiger partial charge is 0.339 e. The maximum atomic E-state index is 12.3. The summed E-state index contributed by atoms with van der Waals surface area (Å²) in [5.74, 6) is 1.27. The molecule has 1 amide bonds. The fourth-order valence-corrected chi connectivity index (χ4v) is 2.92. The second-order valence-electron chi connectivity index (χ2n) is 5.59. The Labute approximate surface area is 134 Å². The van der Waals surface area contributed by atoms with E-state index >= 15 is 0 Å². The Hall–Kier alpha value is -1.88. The van der Waals surface area contributed by atoms with Crippen molar-refractivity contribution in [3.8, 4) is 0 Å². The van der Waals surface area contributed by atoms with Crippen LogP contribution < -0.4 is 4.90 Å². The fraction of sp³-hybridized carbons (Fsp3) is 0.438. The van der Waals surface area contributed by atoms with Crippen LogP contribution in [0.5, 0.6) is 0 Å². The average molecular weight is 320 g/mol. The second-order valence-corrected chi connectivity index (χ2v) is 6.00. The molecular formula is C16H18ClN3O2. The van der Waals surface area contributed by atoms with E-state index in [0.29, 0.717) is 29.7 Å². The molecule has 3 rings (SSSR count). The Morgan fingerprint density at radius 1 is 1.45 bits per heavy atom. The Balaban J connectivity index is 1.82. The van der Waals surface area contributed by atoms with Crippen LogP contribution in [0.4, 0.5) is 5.69 Å². The topological polar surface area (TPSA) is 59.2 Å². The van der Waals surface area contributed by atoms with E-state index in [2.05, 4.69) is 17.1 Å². The molecule has 1 atom stereocenters. The zero-order valence-electron chi connectivity index (χ0n) is 12.7. The molecule has 1 aromatic carbocycles. The van der Waals surface area contributed by atoms with Crippen molar-refractivity contribution in [1.29, 1.82) is 0 Å². The minimum atomic E-state index is -0.0519. The van der Waals surface area contributed by atoms with Gasteiger partial charge in [-0.2, -0.15) is 4.98 Å². The number of carbonyl (C=O) groups excluding carboxylic acids is 1. The van der Waals surface area contributed by atoms with Gasteiger partial charge in [0.15, 0.2) is 5.82 Å². The number of anilines is 1. The molecule has 6 heteroatoms. The number of amides is 1. The van der Waals surface area contributed by atoms with Gasteiger partial charge in [-0.15, -0.1) is 0 Å². The molecule has 1 aromatic heterocycles. The van der Waals surface area contributed by atoms with Crippen molar-refractivity contribution in [3.05, 3.63) is 40.5 Å². The van der Waals surface area contributed by atoms with E-state index in [1.165, 1.54) is 0 Å². The minimum absolute atomic E-state index is 0.0519. The van der Waals surface area contributed by atoms with E-state index in [9.17, 15) is 4.79 Å². The Kier molecular flexibility index (Phi) is 4.16. The highest BCUT2D eigenvalue weighted by Gasteiger charge is 2.35. The van der Waals surface area contributed by atoms with Gasteiger partial charge in [-0.05, 0) is 31.0 Å². The van der Waals surface area contributed by atoms with Gasteiger partial charge >= 0.3 is 0 Å². The van der Waals surface area contributed by atoms with Crippen LogP contribution in [-0.2, 0) is 11.2 Å². The molecule has 0 N–H and O–H groups in total. The number of rotatable bonds is 4. The summed E-state index contributed by atoms with van der Waals surface area (Å²) in [6, 6.07) is 5.60. The smallest absolute Gasteiger partial charge is 0.232 e. The normalized spacial score (nSPS) is 18.2. The van der Waals surface area contributed by atoms with Crippen LogP contribution in [0.15, 0.2) is 22.7 Å². The van der Waals surface area contributed by atoms with Crippen LogP contribution in [0, 0.1) is 6.92 Å². The number of carbonyl (C=O) groups is 1. The zero-order chi connectivity index (χ0) is 15.7. The summed E-state index contributed by atoms with van der Waals surface area (Å²) < 4.78 is 5.32. The second kappa shape index (κ2) is 6.08. The summed E-state index contributed by atoms with van der Waals surface area (Å²) in [4.78, 5) is 18.5. The van der Waals surface area contributed by atoms with Gasteiger partial charge in [-0.25, -0.2) is 0 Å².